The van der Waals surface area contributed by atoms with Crippen molar-refractivity contribution in [3.63, 3.8) is 0 Å². The van der Waals surface area contributed by atoms with Crippen LogP contribution in [-0.2, 0) is 0 Å². The van der Waals surface area contributed by atoms with Gasteiger partial charge in [0.15, 0.2) is 0 Å². The second-order valence-electron chi connectivity index (χ2n) is 4.44. The predicted molar refractivity (Wildman–Crippen MR) is 75.9 cm³/mol. The van der Waals surface area contributed by atoms with Crippen LogP contribution in [-0.4, -0.2) is 0 Å². The van der Waals surface area contributed by atoms with Crippen LogP contribution in [0, 0.1) is 32.1 Å². The first-order valence-electron chi connectivity index (χ1n) is 5.86. The lowest BCUT2D eigenvalue weighted by Crippen LogP contribution is -1.84. The van der Waals surface area contributed by atoms with Gasteiger partial charge in [0.2, 0.25) is 0 Å². The molecule has 18 heavy (non-hydrogen) atoms. The average Bonchev–Trinajstić information content (AvgIpc) is 2.34. The number of aryl methyl sites for hydroxylation is 3. The summed E-state index contributed by atoms with van der Waals surface area (Å²) in [7, 11) is 0. The van der Waals surface area contributed by atoms with Crippen LogP contribution >= 0.6 is 11.8 Å². The largest absolute Gasteiger partial charge is 0.192 e. The summed E-state index contributed by atoms with van der Waals surface area (Å²) < 4.78 is 0. The van der Waals surface area contributed by atoms with Crippen LogP contribution in [0.15, 0.2) is 46.2 Å². The molecular weight excluding hydrogens is 238 g/mol. The fraction of sp³-hybridized carbons (Fsp3) is 0.188. The van der Waals surface area contributed by atoms with Crippen LogP contribution in [0.1, 0.15) is 22.3 Å². The Balaban J connectivity index is 2.26. The molecule has 0 aliphatic carbocycles. The summed E-state index contributed by atoms with van der Waals surface area (Å²) in [6.45, 7) is 6.22. The number of nitriles is 1. The van der Waals surface area contributed by atoms with Crippen LogP contribution in [0.3, 0.4) is 0 Å². The summed E-state index contributed by atoms with van der Waals surface area (Å²) in [5.41, 5.74) is 4.41. The van der Waals surface area contributed by atoms with Crippen molar-refractivity contribution in [2.45, 2.75) is 30.6 Å². The standard InChI is InChI=1S/C16H15NS/c1-11-4-6-15(8-12(11)2)18-16-7-5-14(10-17)13(3)9-16/h4-9H,1-3H3. The molecule has 0 unspecified atom stereocenters. The van der Waals surface area contributed by atoms with Gasteiger partial charge in [-0.1, -0.05) is 17.8 Å². The van der Waals surface area contributed by atoms with Crippen LogP contribution < -0.4 is 0 Å². The van der Waals surface area contributed by atoms with Crippen LogP contribution in [0.5, 0.6) is 0 Å². The van der Waals surface area contributed by atoms with E-state index in [9.17, 15) is 0 Å². The Bertz CT molecular complexity index is 623. The van der Waals surface area contributed by atoms with Crippen molar-refractivity contribution in [3.8, 4) is 6.07 Å². The smallest absolute Gasteiger partial charge is 0.0994 e. The van der Waals surface area contributed by atoms with Gasteiger partial charge in [0.1, 0.15) is 0 Å². The molecule has 2 aromatic rings. The third kappa shape index (κ3) is 2.75. The molecule has 0 saturated carbocycles. The quantitative estimate of drug-likeness (QED) is 0.778. The van der Waals surface area contributed by atoms with E-state index in [1.165, 1.54) is 20.9 Å². The second kappa shape index (κ2) is 5.29. The van der Waals surface area contributed by atoms with Gasteiger partial charge in [-0.3, -0.25) is 0 Å². The molecule has 1 nitrogen and oxygen atoms in total. The molecule has 0 saturated heterocycles. The first-order valence-corrected chi connectivity index (χ1v) is 6.67. The normalized spacial score (nSPS) is 10.1. The summed E-state index contributed by atoms with van der Waals surface area (Å²) >= 11 is 1.73. The van der Waals surface area contributed by atoms with E-state index >= 15 is 0 Å². The molecule has 0 heterocycles. The molecule has 0 aliphatic heterocycles. The zero-order valence-electron chi connectivity index (χ0n) is 10.8. The molecule has 0 aliphatic rings. The molecule has 0 radical (unpaired) electrons. The highest BCUT2D eigenvalue weighted by Crippen LogP contribution is 2.30. The molecule has 2 aromatic carbocycles. The summed E-state index contributed by atoms with van der Waals surface area (Å²) in [6.07, 6.45) is 0. The maximum Gasteiger partial charge on any atom is 0.0994 e. The summed E-state index contributed by atoms with van der Waals surface area (Å²) in [4.78, 5) is 2.41. The molecule has 2 rings (SSSR count). The Morgan fingerprint density at radius 2 is 1.44 bits per heavy atom. The Morgan fingerprint density at radius 3 is 2.00 bits per heavy atom. The van der Waals surface area contributed by atoms with Gasteiger partial charge in [0.05, 0.1) is 11.6 Å². The van der Waals surface area contributed by atoms with E-state index in [0.717, 1.165) is 11.1 Å². The van der Waals surface area contributed by atoms with Crippen molar-refractivity contribution in [1.29, 1.82) is 5.26 Å². The molecule has 0 amide bonds. The lowest BCUT2D eigenvalue weighted by molar-refractivity contribution is 1.27. The summed E-state index contributed by atoms with van der Waals surface area (Å²) in [5.74, 6) is 0. The molecule has 0 atom stereocenters. The maximum absolute atomic E-state index is 8.91. The number of hydrogen-bond donors (Lipinski definition) is 0. The third-order valence-corrected chi connectivity index (χ3v) is 4.01. The zero-order valence-corrected chi connectivity index (χ0v) is 11.6. The van der Waals surface area contributed by atoms with Crippen molar-refractivity contribution < 1.29 is 0 Å². The molecular formula is C16H15NS. The first-order chi connectivity index (χ1) is 8.60. The van der Waals surface area contributed by atoms with E-state index in [1.54, 1.807) is 11.8 Å². The molecule has 0 spiro atoms. The van der Waals surface area contributed by atoms with Crippen molar-refractivity contribution in [1.82, 2.24) is 0 Å². The number of hydrogen-bond acceptors (Lipinski definition) is 2. The molecule has 90 valence electrons. The maximum atomic E-state index is 8.91. The van der Waals surface area contributed by atoms with Gasteiger partial charge in [0, 0.05) is 9.79 Å². The lowest BCUT2D eigenvalue weighted by Gasteiger charge is -2.06. The van der Waals surface area contributed by atoms with E-state index < -0.39 is 0 Å². The van der Waals surface area contributed by atoms with Crippen molar-refractivity contribution >= 4 is 11.8 Å². The highest BCUT2D eigenvalue weighted by molar-refractivity contribution is 7.99. The Labute approximate surface area is 112 Å². The Kier molecular flexibility index (Phi) is 3.74. The van der Waals surface area contributed by atoms with Crippen LogP contribution in [0.25, 0.3) is 0 Å². The van der Waals surface area contributed by atoms with E-state index in [1.807, 2.05) is 19.1 Å². The van der Waals surface area contributed by atoms with Crippen molar-refractivity contribution in [2.24, 2.45) is 0 Å². The van der Waals surface area contributed by atoms with Crippen LogP contribution in [0.4, 0.5) is 0 Å². The van der Waals surface area contributed by atoms with Gasteiger partial charge in [0.25, 0.3) is 0 Å². The van der Waals surface area contributed by atoms with E-state index in [-0.39, 0.29) is 0 Å². The highest BCUT2D eigenvalue weighted by atomic mass is 32.2. The topological polar surface area (TPSA) is 23.8 Å². The minimum Gasteiger partial charge on any atom is -0.192 e. The number of benzene rings is 2. The van der Waals surface area contributed by atoms with Crippen molar-refractivity contribution in [3.05, 3.63) is 58.7 Å². The third-order valence-electron chi connectivity index (χ3n) is 3.03. The highest BCUT2D eigenvalue weighted by Gasteiger charge is 2.02. The fourth-order valence-corrected chi connectivity index (χ4v) is 2.75. The average molecular weight is 253 g/mol. The Hall–Kier alpha value is -1.72. The molecule has 0 bridgehead atoms. The lowest BCUT2D eigenvalue weighted by atomic mass is 10.1. The van der Waals surface area contributed by atoms with Gasteiger partial charge >= 0.3 is 0 Å². The number of nitrogens with zero attached hydrogens (tertiary/aromatic N) is 1. The van der Waals surface area contributed by atoms with E-state index in [0.29, 0.717) is 0 Å². The van der Waals surface area contributed by atoms with Gasteiger partial charge in [-0.05, 0) is 67.8 Å². The summed E-state index contributed by atoms with van der Waals surface area (Å²) in [5, 5.41) is 8.91. The Morgan fingerprint density at radius 1 is 0.833 bits per heavy atom. The minimum absolute atomic E-state index is 0.749. The van der Waals surface area contributed by atoms with Gasteiger partial charge < -0.3 is 0 Å². The van der Waals surface area contributed by atoms with Crippen LogP contribution in [0.2, 0.25) is 0 Å². The molecule has 0 aromatic heterocycles. The number of rotatable bonds is 2. The van der Waals surface area contributed by atoms with E-state index in [2.05, 4.69) is 44.2 Å². The first kappa shape index (κ1) is 12.7. The summed E-state index contributed by atoms with van der Waals surface area (Å²) in [6, 6.07) is 14.6. The fourth-order valence-electron chi connectivity index (χ4n) is 1.74. The van der Waals surface area contributed by atoms with E-state index in [4.69, 9.17) is 5.26 Å². The minimum atomic E-state index is 0.749. The second-order valence-corrected chi connectivity index (χ2v) is 5.58. The predicted octanol–water partition coefficient (Wildman–Crippen LogP) is 4.63. The SMILES string of the molecule is Cc1ccc(Sc2ccc(C#N)c(C)c2)cc1C. The molecule has 2 heteroatoms. The zero-order chi connectivity index (χ0) is 13.1. The van der Waals surface area contributed by atoms with Gasteiger partial charge in [-0.2, -0.15) is 5.26 Å². The molecule has 0 N–H and O–H groups in total. The van der Waals surface area contributed by atoms with Crippen molar-refractivity contribution in [2.75, 3.05) is 0 Å². The van der Waals surface area contributed by atoms with Gasteiger partial charge in [-0.25, -0.2) is 0 Å². The van der Waals surface area contributed by atoms with Gasteiger partial charge in [-0.15, -0.1) is 0 Å². The monoisotopic (exact) mass is 253 g/mol. The molecule has 0 fully saturated rings.